The van der Waals surface area contributed by atoms with Gasteiger partial charge in [-0.1, -0.05) is 42.1 Å². The molecule has 1 aliphatic rings. The summed E-state index contributed by atoms with van der Waals surface area (Å²) in [7, 11) is 0. The number of carbonyl (C=O) groups excluding carboxylic acids is 1. The molecule has 25 heavy (non-hydrogen) atoms. The van der Waals surface area contributed by atoms with E-state index in [1.807, 2.05) is 54.3 Å². The molecule has 4 rings (SSSR count). The Balaban J connectivity index is 1.52. The van der Waals surface area contributed by atoms with Gasteiger partial charge in [-0.2, -0.15) is 0 Å². The van der Waals surface area contributed by atoms with Crippen LogP contribution in [-0.4, -0.2) is 28.2 Å². The summed E-state index contributed by atoms with van der Waals surface area (Å²) < 4.78 is 0. The molecule has 0 spiro atoms. The maximum Gasteiger partial charge on any atom is 0.237 e. The Morgan fingerprint density at radius 3 is 2.64 bits per heavy atom. The van der Waals surface area contributed by atoms with Crippen LogP contribution in [0.2, 0.25) is 0 Å². The molecule has 4 nitrogen and oxygen atoms in total. The normalized spacial score (nSPS) is 13.7. The lowest BCUT2D eigenvalue weighted by Crippen LogP contribution is -2.36. The van der Waals surface area contributed by atoms with E-state index >= 15 is 0 Å². The highest BCUT2D eigenvalue weighted by atomic mass is 32.2. The Bertz CT molecular complexity index is 941. The molecular formula is C20H19N3OS. The predicted molar refractivity (Wildman–Crippen MR) is 102 cm³/mol. The van der Waals surface area contributed by atoms with Crippen LogP contribution in [0.5, 0.6) is 0 Å². The number of para-hydroxylation sites is 3. The van der Waals surface area contributed by atoms with Gasteiger partial charge in [0.1, 0.15) is 5.03 Å². The smallest absolute Gasteiger partial charge is 0.237 e. The quantitative estimate of drug-likeness (QED) is 0.670. The molecular weight excluding hydrogens is 330 g/mol. The van der Waals surface area contributed by atoms with Crippen molar-refractivity contribution in [1.29, 1.82) is 0 Å². The summed E-state index contributed by atoms with van der Waals surface area (Å²) in [5, 5.41) is 0.831. The van der Waals surface area contributed by atoms with Crippen LogP contribution in [0.4, 0.5) is 5.69 Å². The van der Waals surface area contributed by atoms with Crippen molar-refractivity contribution in [2.75, 3.05) is 17.2 Å². The molecule has 0 unspecified atom stereocenters. The number of hydrogen-bond donors (Lipinski definition) is 0. The number of carbonyl (C=O) groups is 1. The van der Waals surface area contributed by atoms with Crippen molar-refractivity contribution in [3.63, 3.8) is 0 Å². The minimum Gasteiger partial charge on any atom is -0.311 e. The molecule has 1 aromatic heterocycles. The molecule has 1 amide bonds. The fraction of sp³-hybridized carbons (Fsp3) is 0.250. The molecule has 2 heterocycles. The Kier molecular flexibility index (Phi) is 4.40. The van der Waals surface area contributed by atoms with Gasteiger partial charge in [-0.25, -0.2) is 9.97 Å². The van der Waals surface area contributed by atoms with E-state index in [9.17, 15) is 4.79 Å². The summed E-state index contributed by atoms with van der Waals surface area (Å²) >= 11 is 1.47. The van der Waals surface area contributed by atoms with Gasteiger partial charge in [-0.15, -0.1) is 0 Å². The van der Waals surface area contributed by atoms with Gasteiger partial charge < -0.3 is 4.90 Å². The van der Waals surface area contributed by atoms with Gasteiger partial charge >= 0.3 is 0 Å². The van der Waals surface area contributed by atoms with Crippen LogP contribution >= 0.6 is 11.8 Å². The second-order valence-corrected chi connectivity index (χ2v) is 7.13. The van der Waals surface area contributed by atoms with E-state index in [4.69, 9.17) is 0 Å². The predicted octanol–water partition coefficient (Wildman–Crippen LogP) is 4.01. The van der Waals surface area contributed by atoms with E-state index in [1.54, 1.807) is 0 Å². The van der Waals surface area contributed by atoms with Crippen molar-refractivity contribution in [2.24, 2.45) is 0 Å². The van der Waals surface area contributed by atoms with Gasteiger partial charge in [-0.3, -0.25) is 4.79 Å². The van der Waals surface area contributed by atoms with E-state index < -0.39 is 0 Å². The van der Waals surface area contributed by atoms with Crippen LogP contribution in [0.25, 0.3) is 11.0 Å². The number of aryl methyl sites for hydroxylation is 2. The molecule has 1 aliphatic heterocycles. The summed E-state index contributed by atoms with van der Waals surface area (Å²) in [6, 6.07) is 16.0. The zero-order valence-corrected chi connectivity index (χ0v) is 14.9. The number of anilines is 1. The number of aromatic nitrogens is 2. The Hall–Kier alpha value is -2.40. The highest BCUT2D eigenvalue weighted by molar-refractivity contribution is 8.00. The van der Waals surface area contributed by atoms with E-state index in [1.165, 1.54) is 17.3 Å². The van der Waals surface area contributed by atoms with Gasteiger partial charge in [0.05, 0.1) is 22.5 Å². The van der Waals surface area contributed by atoms with E-state index in [2.05, 4.69) is 16.0 Å². The van der Waals surface area contributed by atoms with Gasteiger partial charge in [0.25, 0.3) is 0 Å². The molecule has 0 N–H and O–H groups in total. The average molecular weight is 349 g/mol. The van der Waals surface area contributed by atoms with Crippen LogP contribution in [0.1, 0.15) is 17.7 Å². The molecule has 0 atom stereocenters. The number of nitrogens with zero attached hydrogens (tertiary/aromatic N) is 3. The van der Waals surface area contributed by atoms with Gasteiger partial charge in [0.2, 0.25) is 5.91 Å². The lowest BCUT2D eigenvalue weighted by Gasteiger charge is -2.29. The monoisotopic (exact) mass is 349 g/mol. The molecule has 0 radical (unpaired) electrons. The molecule has 5 heteroatoms. The number of amides is 1. The minimum atomic E-state index is 0.131. The summed E-state index contributed by atoms with van der Waals surface area (Å²) in [5.74, 6) is 0.508. The zero-order valence-electron chi connectivity index (χ0n) is 14.1. The fourth-order valence-electron chi connectivity index (χ4n) is 3.21. The second kappa shape index (κ2) is 6.84. The van der Waals surface area contributed by atoms with E-state index in [0.717, 1.165) is 46.8 Å². The largest absolute Gasteiger partial charge is 0.311 e. The summed E-state index contributed by atoms with van der Waals surface area (Å²) in [6.45, 7) is 2.74. The highest BCUT2D eigenvalue weighted by Gasteiger charge is 2.22. The average Bonchev–Trinajstić information content (AvgIpc) is 2.65. The maximum absolute atomic E-state index is 12.8. The van der Waals surface area contributed by atoms with Crippen molar-refractivity contribution in [1.82, 2.24) is 9.97 Å². The van der Waals surface area contributed by atoms with Gasteiger partial charge in [-0.05, 0) is 43.5 Å². The SMILES string of the molecule is Cc1nc2ccccc2nc1SCC(=O)N1CCCc2ccccc21. The summed E-state index contributed by atoms with van der Waals surface area (Å²) in [5.41, 5.74) is 4.94. The minimum absolute atomic E-state index is 0.131. The third kappa shape index (κ3) is 3.24. The first-order chi connectivity index (χ1) is 12.2. The standard InChI is InChI=1S/C20H19N3OS/c1-14-20(22-17-10-4-3-9-16(17)21-14)25-13-19(24)23-12-6-8-15-7-2-5-11-18(15)23/h2-5,7,9-11H,6,8,12-13H2,1H3. The third-order valence-corrected chi connectivity index (χ3v) is 5.50. The molecule has 2 aromatic carbocycles. The van der Waals surface area contributed by atoms with Crippen LogP contribution in [0.15, 0.2) is 53.6 Å². The van der Waals surface area contributed by atoms with Crippen LogP contribution < -0.4 is 4.90 Å². The van der Waals surface area contributed by atoms with Crippen molar-refractivity contribution in [3.05, 3.63) is 59.8 Å². The summed E-state index contributed by atoms with van der Waals surface area (Å²) in [4.78, 5) is 23.9. The number of rotatable bonds is 3. The number of thioether (sulfide) groups is 1. The summed E-state index contributed by atoms with van der Waals surface area (Å²) in [6.07, 6.45) is 2.06. The molecule has 0 fully saturated rings. The molecule has 0 saturated heterocycles. The molecule has 3 aromatic rings. The Labute approximate surface area is 151 Å². The van der Waals surface area contributed by atoms with Crippen LogP contribution in [0, 0.1) is 6.92 Å². The Morgan fingerprint density at radius 1 is 1.08 bits per heavy atom. The number of fused-ring (bicyclic) bond motifs is 2. The molecule has 0 saturated carbocycles. The van der Waals surface area contributed by atoms with E-state index in [0.29, 0.717) is 5.75 Å². The van der Waals surface area contributed by atoms with Crippen molar-refractivity contribution < 1.29 is 4.79 Å². The van der Waals surface area contributed by atoms with Gasteiger partial charge in [0.15, 0.2) is 0 Å². The highest BCUT2D eigenvalue weighted by Crippen LogP contribution is 2.28. The second-order valence-electron chi connectivity index (χ2n) is 6.17. The first-order valence-electron chi connectivity index (χ1n) is 8.47. The topological polar surface area (TPSA) is 46.1 Å². The lowest BCUT2D eigenvalue weighted by molar-refractivity contribution is -0.116. The lowest BCUT2D eigenvalue weighted by atomic mass is 10.0. The Morgan fingerprint density at radius 2 is 1.80 bits per heavy atom. The van der Waals surface area contributed by atoms with Crippen molar-refractivity contribution >= 4 is 34.4 Å². The van der Waals surface area contributed by atoms with Crippen LogP contribution in [0.3, 0.4) is 0 Å². The van der Waals surface area contributed by atoms with Crippen molar-refractivity contribution in [3.8, 4) is 0 Å². The maximum atomic E-state index is 12.8. The number of hydrogen-bond acceptors (Lipinski definition) is 4. The van der Waals surface area contributed by atoms with Crippen LogP contribution in [-0.2, 0) is 11.2 Å². The fourth-order valence-corrected chi connectivity index (χ4v) is 4.04. The molecule has 0 aliphatic carbocycles. The molecule has 126 valence electrons. The van der Waals surface area contributed by atoms with Gasteiger partial charge in [0, 0.05) is 12.2 Å². The van der Waals surface area contributed by atoms with Crippen molar-refractivity contribution in [2.45, 2.75) is 24.8 Å². The first kappa shape index (κ1) is 16.1. The first-order valence-corrected chi connectivity index (χ1v) is 9.45. The van der Waals surface area contributed by atoms with E-state index in [-0.39, 0.29) is 5.91 Å². The third-order valence-electron chi connectivity index (χ3n) is 4.45. The zero-order chi connectivity index (χ0) is 17.2. The molecule has 0 bridgehead atoms. The number of benzene rings is 2.